The Labute approximate surface area is 200 Å². The van der Waals surface area contributed by atoms with Gasteiger partial charge in [-0.2, -0.15) is 4.31 Å². The highest BCUT2D eigenvalue weighted by atomic mass is 32.2. The molecule has 0 spiro atoms. The Morgan fingerprint density at radius 2 is 1.65 bits per heavy atom. The topological polar surface area (TPSA) is 96.0 Å². The zero-order valence-corrected chi connectivity index (χ0v) is 20.2. The van der Waals surface area contributed by atoms with Crippen LogP contribution in [0.3, 0.4) is 0 Å². The van der Waals surface area contributed by atoms with Crippen LogP contribution in [0.1, 0.15) is 42.5 Å². The number of ether oxygens (including phenoxy) is 1. The van der Waals surface area contributed by atoms with E-state index in [0.29, 0.717) is 56.0 Å². The number of para-hydroxylation sites is 2. The second kappa shape index (κ2) is 10.6. The lowest BCUT2D eigenvalue weighted by atomic mass is 9.95. The van der Waals surface area contributed by atoms with Gasteiger partial charge in [0, 0.05) is 37.7 Å². The molecular formula is C25H31N3O5S. The first-order valence-electron chi connectivity index (χ1n) is 11.7. The summed E-state index contributed by atoms with van der Waals surface area (Å²) in [7, 11) is -2.05. The highest BCUT2D eigenvalue weighted by molar-refractivity contribution is 7.89. The van der Waals surface area contributed by atoms with Crippen molar-refractivity contribution in [2.75, 3.05) is 38.6 Å². The molecule has 2 aromatic carbocycles. The van der Waals surface area contributed by atoms with Crippen LogP contribution in [0.25, 0.3) is 0 Å². The largest absolute Gasteiger partial charge is 0.495 e. The van der Waals surface area contributed by atoms with Crippen molar-refractivity contribution in [3.63, 3.8) is 0 Å². The quantitative estimate of drug-likeness (QED) is 0.677. The average Bonchev–Trinajstić information content (AvgIpc) is 2.89. The SMILES string of the molecule is COc1ccccc1NC(=O)C1CCN(C(=O)c2cccc(S(=O)(=O)N3CCCCC3)c2)CC1. The number of anilines is 1. The number of methoxy groups -OCH3 is 1. The van der Waals surface area contributed by atoms with E-state index in [1.165, 1.54) is 10.4 Å². The van der Waals surface area contributed by atoms with Crippen LogP contribution < -0.4 is 10.1 Å². The predicted octanol–water partition coefficient (Wildman–Crippen LogP) is 3.36. The average molecular weight is 486 g/mol. The third-order valence-electron chi connectivity index (χ3n) is 6.55. The molecule has 0 aliphatic carbocycles. The van der Waals surface area contributed by atoms with E-state index in [0.717, 1.165) is 19.3 Å². The molecule has 2 aromatic rings. The highest BCUT2D eigenvalue weighted by Gasteiger charge is 2.30. The van der Waals surface area contributed by atoms with Crippen molar-refractivity contribution in [3.8, 4) is 5.75 Å². The molecule has 4 rings (SSSR count). The fourth-order valence-corrected chi connectivity index (χ4v) is 6.12. The van der Waals surface area contributed by atoms with Gasteiger partial charge in [-0.25, -0.2) is 8.42 Å². The second-order valence-corrected chi connectivity index (χ2v) is 10.7. The monoisotopic (exact) mass is 485 g/mol. The summed E-state index contributed by atoms with van der Waals surface area (Å²) in [5.41, 5.74) is 0.982. The van der Waals surface area contributed by atoms with Crippen LogP contribution in [0.2, 0.25) is 0 Å². The number of likely N-dealkylation sites (tertiary alicyclic amines) is 1. The van der Waals surface area contributed by atoms with Gasteiger partial charge in [0.1, 0.15) is 5.75 Å². The van der Waals surface area contributed by atoms with Crippen molar-refractivity contribution >= 4 is 27.5 Å². The summed E-state index contributed by atoms with van der Waals surface area (Å²) in [6.45, 7) is 1.91. The minimum Gasteiger partial charge on any atom is -0.495 e. The minimum absolute atomic E-state index is 0.0915. The second-order valence-electron chi connectivity index (χ2n) is 8.75. The molecule has 2 heterocycles. The van der Waals surface area contributed by atoms with Crippen LogP contribution >= 0.6 is 0 Å². The Bertz CT molecular complexity index is 1140. The van der Waals surface area contributed by atoms with Gasteiger partial charge in [-0.1, -0.05) is 24.6 Å². The molecule has 2 aliphatic rings. The molecule has 0 atom stereocenters. The van der Waals surface area contributed by atoms with Crippen LogP contribution in [0.15, 0.2) is 53.4 Å². The van der Waals surface area contributed by atoms with Gasteiger partial charge in [-0.15, -0.1) is 0 Å². The first-order valence-corrected chi connectivity index (χ1v) is 13.2. The van der Waals surface area contributed by atoms with Crippen molar-refractivity contribution in [1.29, 1.82) is 0 Å². The standard InChI is InChI=1S/C25H31N3O5S/c1-33-23-11-4-3-10-22(23)26-24(29)19-12-16-27(17-13-19)25(30)20-8-7-9-21(18-20)34(31,32)28-14-5-2-6-15-28/h3-4,7-11,18-19H,2,5-6,12-17H2,1H3,(H,26,29). The normalized spacial score (nSPS) is 17.9. The Kier molecular flexibility index (Phi) is 7.53. The lowest BCUT2D eigenvalue weighted by Gasteiger charge is -2.31. The van der Waals surface area contributed by atoms with Crippen molar-refractivity contribution in [2.24, 2.45) is 5.92 Å². The van der Waals surface area contributed by atoms with Gasteiger partial charge in [0.15, 0.2) is 0 Å². The molecular weight excluding hydrogens is 454 g/mol. The smallest absolute Gasteiger partial charge is 0.253 e. The van der Waals surface area contributed by atoms with Gasteiger partial charge in [-0.3, -0.25) is 9.59 Å². The number of benzene rings is 2. The van der Waals surface area contributed by atoms with Crippen LogP contribution in [-0.4, -0.2) is 62.7 Å². The van der Waals surface area contributed by atoms with E-state index in [9.17, 15) is 18.0 Å². The molecule has 9 heteroatoms. The summed E-state index contributed by atoms with van der Waals surface area (Å²) < 4.78 is 32.8. The highest BCUT2D eigenvalue weighted by Crippen LogP contribution is 2.27. The first kappa shape index (κ1) is 24.2. The zero-order chi connectivity index (χ0) is 24.1. The molecule has 0 bridgehead atoms. The number of nitrogens with one attached hydrogen (secondary N) is 1. The number of hydrogen-bond donors (Lipinski definition) is 1. The molecule has 34 heavy (non-hydrogen) atoms. The molecule has 0 aromatic heterocycles. The van der Waals surface area contributed by atoms with Crippen molar-refractivity contribution in [2.45, 2.75) is 37.0 Å². The fourth-order valence-electron chi connectivity index (χ4n) is 4.55. The number of nitrogens with zero attached hydrogens (tertiary/aromatic N) is 2. The van der Waals surface area contributed by atoms with Crippen molar-refractivity contribution in [3.05, 3.63) is 54.1 Å². The molecule has 8 nitrogen and oxygen atoms in total. The summed E-state index contributed by atoms with van der Waals surface area (Å²) in [4.78, 5) is 27.7. The maximum absolute atomic E-state index is 13.1. The number of carbonyl (C=O) groups excluding carboxylic acids is 2. The fraction of sp³-hybridized carbons (Fsp3) is 0.440. The van der Waals surface area contributed by atoms with E-state index < -0.39 is 10.0 Å². The van der Waals surface area contributed by atoms with Crippen molar-refractivity contribution in [1.82, 2.24) is 9.21 Å². The molecule has 2 amide bonds. The van der Waals surface area contributed by atoms with Gasteiger partial charge in [0.2, 0.25) is 15.9 Å². The number of piperidine rings is 2. The zero-order valence-electron chi connectivity index (χ0n) is 19.4. The molecule has 1 N–H and O–H groups in total. The van der Waals surface area contributed by atoms with E-state index in [4.69, 9.17) is 4.74 Å². The number of amides is 2. The third kappa shape index (κ3) is 5.26. The van der Waals surface area contributed by atoms with E-state index in [2.05, 4.69) is 5.32 Å². The van der Waals surface area contributed by atoms with E-state index in [1.54, 1.807) is 42.3 Å². The number of rotatable bonds is 6. The van der Waals surface area contributed by atoms with Gasteiger partial charge >= 0.3 is 0 Å². The molecule has 2 fully saturated rings. The van der Waals surface area contributed by atoms with Crippen LogP contribution in [-0.2, 0) is 14.8 Å². The van der Waals surface area contributed by atoms with E-state index in [-0.39, 0.29) is 22.6 Å². The summed E-state index contributed by atoms with van der Waals surface area (Å²) in [5.74, 6) is 0.0909. The maximum Gasteiger partial charge on any atom is 0.253 e. The number of carbonyl (C=O) groups is 2. The Morgan fingerprint density at radius 3 is 2.35 bits per heavy atom. The molecule has 2 aliphatic heterocycles. The van der Waals surface area contributed by atoms with Gasteiger partial charge in [0.25, 0.3) is 5.91 Å². The Balaban J connectivity index is 1.38. The summed E-state index contributed by atoms with van der Waals surface area (Å²) in [5, 5.41) is 2.92. The Hall–Kier alpha value is -2.91. The Morgan fingerprint density at radius 1 is 0.941 bits per heavy atom. The molecule has 0 radical (unpaired) electrons. The summed E-state index contributed by atoms with van der Waals surface area (Å²) in [6, 6.07) is 13.6. The van der Waals surface area contributed by atoms with Gasteiger partial charge < -0.3 is 15.0 Å². The van der Waals surface area contributed by atoms with Crippen molar-refractivity contribution < 1.29 is 22.7 Å². The molecule has 182 valence electrons. The molecule has 2 saturated heterocycles. The number of sulfonamides is 1. The van der Waals surface area contributed by atoms with Crippen LogP contribution in [0.4, 0.5) is 5.69 Å². The van der Waals surface area contributed by atoms with Crippen LogP contribution in [0.5, 0.6) is 5.75 Å². The van der Waals surface area contributed by atoms with Gasteiger partial charge in [-0.05, 0) is 56.0 Å². The lowest BCUT2D eigenvalue weighted by molar-refractivity contribution is -0.121. The number of hydrogen-bond acceptors (Lipinski definition) is 5. The predicted molar refractivity (Wildman–Crippen MR) is 129 cm³/mol. The lowest BCUT2D eigenvalue weighted by Crippen LogP contribution is -2.41. The summed E-state index contributed by atoms with van der Waals surface area (Å²) in [6.07, 6.45) is 3.84. The van der Waals surface area contributed by atoms with E-state index >= 15 is 0 Å². The molecule has 0 saturated carbocycles. The maximum atomic E-state index is 13.1. The van der Waals surface area contributed by atoms with Gasteiger partial charge in [0.05, 0.1) is 17.7 Å². The third-order valence-corrected chi connectivity index (χ3v) is 8.45. The first-order chi connectivity index (χ1) is 16.4. The van der Waals surface area contributed by atoms with Crippen LogP contribution in [0, 0.1) is 5.92 Å². The van der Waals surface area contributed by atoms with E-state index in [1.807, 2.05) is 12.1 Å². The molecule has 0 unspecified atom stereocenters. The minimum atomic E-state index is -3.60. The summed E-state index contributed by atoms with van der Waals surface area (Å²) >= 11 is 0.